The lowest BCUT2D eigenvalue weighted by Gasteiger charge is -1.96. The molecule has 0 atom stereocenters. The molecule has 0 aromatic heterocycles. The van der Waals surface area contributed by atoms with E-state index in [0.717, 1.165) is 16.7 Å². The fourth-order valence-electron chi connectivity index (χ4n) is 1.61. The van der Waals surface area contributed by atoms with Crippen molar-refractivity contribution in [1.29, 1.82) is 0 Å². The van der Waals surface area contributed by atoms with E-state index in [9.17, 15) is 0 Å². The van der Waals surface area contributed by atoms with Gasteiger partial charge in [-0.3, -0.25) is 0 Å². The first kappa shape index (κ1) is 11.9. The first-order valence-corrected chi connectivity index (χ1v) is 5.66. The van der Waals surface area contributed by atoms with E-state index < -0.39 is 0 Å². The fourth-order valence-corrected chi connectivity index (χ4v) is 1.61. The number of aryl methyl sites for hydroxylation is 1. The summed E-state index contributed by atoms with van der Waals surface area (Å²) in [6.07, 6.45) is 0. The molecule has 0 unspecified atom stereocenters. The Morgan fingerprint density at radius 1 is 1.06 bits per heavy atom. The van der Waals surface area contributed by atoms with Crippen molar-refractivity contribution in [2.75, 3.05) is 0 Å². The Labute approximate surface area is 107 Å². The molecule has 2 heteroatoms. The van der Waals surface area contributed by atoms with Gasteiger partial charge in [-0.25, -0.2) is 0 Å². The van der Waals surface area contributed by atoms with Gasteiger partial charge < -0.3 is 5.21 Å². The molecule has 2 rings (SSSR count). The number of oxime groups is 1. The van der Waals surface area contributed by atoms with Crippen LogP contribution in [0.4, 0.5) is 0 Å². The average Bonchev–Trinajstić information content (AvgIpc) is 2.41. The van der Waals surface area contributed by atoms with Gasteiger partial charge in [0.25, 0.3) is 0 Å². The standard InChI is InChI=1S/C16H13NO/c1-13-6-5-7-14(12-13)10-11-16(17-18)15-8-3-2-4-9-15/h2-9,12,18H,1H3. The summed E-state index contributed by atoms with van der Waals surface area (Å²) in [4.78, 5) is 0. The highest BCUT2D eigenvalue weighted by molar-refractivity contribution is 6.12. The summed E-state index contributed by atoms with van der Waals surface area (Å²) in [5, 5.41) is 12.2. The van der Waals surface area contributed by atoms with Crippen LogP contribution in [0.15, 0.2) is 59.8 Å². The average molecular weight is 235 g/mol. The van der Waals surface area contributed by atoms with Gasteiger partial charge in [-0.2, -0.15) is 0 Å². The molecule has 1 N–H and O–H groups in total. The monoisotopic (exact) mass is 235 g/mol. The normalized spacial score (nSPS) is 10.6. The van der Waals surface area contributed by atoms with Gasteiger partial charge in [0.15, 0.2) is 5.71 Å². The maximum absolute atomic E-state index is 9.00. The molecule has 2 aromatic rings. The zero-order valence-electron chi connectivity index (χ0n) is 10.1. The van der Waals surface area contributed by atoms with Crippen LogP contribution >= 0.6 is 0 Å². The van der Waals surface area contributed by atoms with Crippen LogP contribution in [0.2, 0.25) is 0 Å². The Balaban J connectivity index is 2.29. The molecule has 0 aliphatic heterocycles. The van der Waals surface area contributed by atoms with Gasteiger partial charge in [-0.1, -0.05) is 53.5 Å². The molecule has 0 amide bonds. The molecule has 2 aromatic carbocycles. The molecule has 0 saturated heterocycles. The minimum absolute atomic E-state index is 0.372. The van der Waals surface area contributed by atoms with Crippen LogP contribution in [-0.4, -0.2) is 10.9 Å². The lowest BCUT2D eigenvalue weighted by molar-refractivity contribution is 0.320. The highest BCUT2D eigenvalue weighted by Crippen LogP contribution is 2.03. The summed E-state index contributed by atoms with van der Waals surface area (Å²) < 4.78 is 0. The van der Waals surface area contributed by atoms with E-state index in [0.29, 0.717) is 5.71 Å². The zero-order chi connectivity index (χ0) is 12.8. The number of hydrogen-bond donors (Lipinski definition) is 1. The highest BCUT2D eigenvalue weighted by Gasteiger charge is 1.98. The van der Waals surface area contributed by atoms with Crippen molar-refractivity contribution in [1.82, 2.24) is 0 Å². The molecule has 0 heterocycles. The third-order valence-electron chi connectivity index (χ3n) is 2.49. The lowest BCUT2D eigenvalue weighted by Crippen LogP contribution is -1.96. The minimum Gasteiger partial charge on any atom is -0.410 e. The van der Waals surface area contributed by atoms with Crippen LogP contribution in [0, 0.1) is 18.8 Å². The zero-order valence-corrected chi connectivity index (χ0v) is 10.1. The maximum Gasteiger partial charge on any atom is 0.159 e. The topological polar surface area (TPSA) is 32.6 Å². The minimum atomic E-state index is 0.372. The van der Waals surface area contributed by atoms with Crippen molar-refractivity contribution < 1.29 is 5.21 Å². The Kier molecular flexibility index (Phi) is 3.78. The van der Waals surface area contributed by atoms with Crippen molar-refractivity contribution in [3.05, 3.63) is 71.3 Å². The SMILES string of the molecule is Cc1cccc(C#CC(=NO)c2ccccc2)c1. The number of rotatable bonds is 1. The van der Waals surface area contributed by atoms with Crippen LogP contribution in [-0.2, 0) is 0 Å². The van der Waals surface area contributed by atoms with Gasteiger partial charge in [0.05, 0.1) is 0 Å². The van der Waals surface area contributed by atoms with Crippen LogP contribution in [0.1, 0.15) is 16.7 Å². The molecule has 2 nitrogen and oxygen atoms in total. The Morgan fingerprint density at radius 2 is 1.83 bits per heavy atom. The van der Waals surface area contributed by atoms with E-state index in [1.54, 1.807) is 0 Å². The molecule has 18 heavy (non-hydrogen) atoms. The molecule has 0 spiro atoms. The molecule has 0 radical (unpaired) electrons. The van der Waals surface area contributed by atoms with E-state index in [1.807, 2.05) is 61.5 Å². The van der Waals surface area contributed by atoms with Crippen molar-refractivity contribution >= 4 is 5.71 Å². The van der Waals surface area contributed by atoms with Crippen molar-refractivity contribution in [2.24, 2.45) is 5.16 Å². The summed E-state index contributed by atoms with van der Waals surface area (Å²) in [6, 6.07) is 17.3. The summed E-state index contributed by atoms with van der Waals surface area (Å²) >= 11 is 0. The number of nitrogens with zero attached hydrogens (tertiary/aromatic N) is 1. The van der Waals surface area contributed by atoms with Gasteiger partial charge in [-0.05, 0) is 30.5 Å². The second-order valence-corrected chi connectivity index (χ2v) is 3.93. The van der Waals surface area contributed by atoms with E-state index in [1.165, 1.54) is 0 Å². The smallest absolute Gasteiger partial charge is 0.159 e. The molecule has 0 fully saturated rings. The fraction of sp³-hybridized carbons (Fsp3) is 0.0625. The Hall–Kier alpha value is -2.53. The lowest BCUT2D eigenvalue weighted by atomic mass is 10.1. The molecule has 0 saturated carbocycles. The Bertz CT molecular complexity index is 618. The van der Waals surface area contributed by atoms with E-state index >= 15 is 0 Å². The molecular weight excluding hydrogens is 222 g/mol. The van der Waals surface area contributed by atoms with Crippen LogP contribution < -0.4 is 0 Å². The van der Waals surface area contributed by atoms with Gasteiger partial charge in [-0.15, -0.1) is 0 Å². The van der Waals surface area contributed by atoms with Gasteiger partial charge in [0, 0.05) is 11.1 Å². The summed E-state index contributed by atoms with van der Waals surface area (Å²) in [5.41, 5.74) is 3.24. The first-order valence-electron chi connectivity index (χ1n) is 5.66. The molecule has 0 aliphatic carbocycles. The highest BCUT2D eigenvalue weighted by atomic mass is 16.4. The summed E-state index contributed by atoms with van der Waals surface area (Å²) in [6.45, 7) is 2.02. The van der Waals surface area contributed by atoms with E-state index in [2.05, 4.69) is 17.0 Å². The molecule has 0 aliphatic rings. The number of benzene rings is 2. The van der Waals surface area contributed by atoms with Crippen molar-refractivity contribution in [3.63, 3.8) is 0 Å². The van der Waals surface area contributed by atoms with Crippen LogP contribution in [0.25, 0.3) is 0 Å². The van der Waals surface area contributed by atoms with Crippen LogP contribution in [0.5, 0.6) is 0 Å². The van der Waals surface area contributed by atoms with Gasteiger partial charge in [0.1, 0.15) is 0 Å². The van der Waals surface area contributed by atoms with E-state index in [4.69, 9.17) is 5.21 Å². The van der Waals surface area contributed by atoms with Crippen molar-refractivity contribution in [3.8, 4) is 11.8 Å². The maximum atomic E-state index is 9.00. The second-order valence-electron chi connectivity index (χ2n) is 3.93. The summed E-state index contributed by atoms with van der Waals surface area (Å²) in [7, 11) is 0. The predicted octanol–water partition coefficient (Wildman–Crippen LogP) is 3.23. The third-order valence-corrected chi connectivity index (χ3v) is 2.49. The van der Waals surface area contributed by atoms with Crippen molar-refractivity contribution in [2.45, 2.75) is 6.92 Å². The van der Waals surface area contributed by atoms with Crippen LogP contribution in [0.3, 0.4) is 0 Å². The Morgan fingerprint density at radius 3 is 2.50 bits per heavy atom. The van der Waals surface area contributed by atoms with E-state index in [-0.39, 0.29) is 0 Å². The summed E-state index contributed by atoms with van der Waals surface area (Å²) in [5.74, 6) is 5.87. The molecular formula is C16H13NO. The molecule has 0 bridgehead atoms. The number of hydrogen-bond acceptors (Lipinski definition) is 2. The largest absolute Gasteiger partial charge is 0.410 e. The molecule has 88 valence electrons. The third kappa shape index (κ3) is 2.99. The van der Waals surface area contributed by atoms with Gasteiger partial charge in [0.2, 0.25) is 0 Å². The quantitative estimate of drug-likeness (QED) is 0.350. The first-order chi connectivity index (χ1) is 8.79. The second kappa shape index (κ2) is 5.70. The predicted molar refractivity (Wildman–Crippen MR) is 72.8 cm³/mol. The van der Waals surface area contributed by atoms with Gasteiger partial charge >= 0.3 is 0 Å².